The third-order valence-electron chi connectivity index (χ3n) is 4.82. The minimum atomic E-state index is -0.734. The van der Waals surface area contributed by atoms with Gasteiger partial charge in [0.15, 0.2) is 0 Å². The average molecular weight is 335 g/mol. The lowest BCUT2D eigenvalue weighted by Gasteiger charge is -2.39. The van der Waals surface area contributed by atoms with Gasteiger partial charge in [-0.05, 0) is 19.1 Å². The Hall–Kier alpha value is -3.16. The minimum absolute atomic E-state index is 0.283. The van der Waals surface area contributed by atoms with Crippen LogP contribution < -0.4 is 0 Å². The quantitative estimate of drug-likeness (QED) is 0.865. The van der Waals surface area contributed by atoms with Crippen LogP contribution in [0.2, 0.25) is 0 Å². The van der Waals surface area contributed by atoms with Crippen molar-refractivity contribution in [3.63, 3.8) is 0 Å². The Morgan fingerprint density at radius 3 is 2.88 bits per heavy atom. The number of halogens is 1. The van der Waals surface area contributed by atoms with Crippen molar-refractivity contribution >= 4 is 10.9 Å². The van der Waals surface area contributed by atoms with Crippen LogP contribution in [0.15, 0.2) is 40.9 Å². The van der Waals surface area contributed by atoms with E-state index < -0.39 is 11.7 Å². The van der Waals surface area contributed by atoms with E-state index in [4.69, 9.17) is 4.74 Å². The smallest absolute Gasteiger partial charge is 0.129 e. The first-order valence-corrected chi connectivity index (χ1v) is 7.87. The van der Waals surface area contributed by atoms with Gasteiger partial charge in [0.2, 0.25) is 0 Å². The molecule has 0 radical (unpaired) electrons. The van der Waals surface area contributed by atoms with Crippen LogP contribution in [0.5, 0.6) is 0 Å². The van der Waals surface area contributed by atoms with Crippen molar-refractivity contribution in [1.29, 1.82) is 10.5 Å². The van der Waals surface area contributed by atoms with Gasteiger partial charge in [0.1, 0.15) is 5.82 Å². The van der Waals surface area contributed by atoms with E-state index in [1.165, 1.54) is 6.07 Å². The van der Waals surface area contributed by atoms with Gasteiger partial charge in [-0.2, -0.15) is 15.6 Å². The van der Waals surface area contributed by atoms with Crippen LogP contribution in [0.25, 0.3) is 10.9 Å². The second kappa shape index (κ2) is 5.73. The van der Waals surface area contributed by atoms with E-state index in [1.807, 2.05) is 11.8 Å². The van der Waals surface area contributed by atoms with Crippen molar-refractivity contribution in [2.75, 3.05) is 19.8 Å². The van der Waals surface area contributed by atoms with Gasteiger partial charge >= 0.3 is 0 Å². The summed E-state index contributed by atoms with van der Waals surface area (Å²) in [6, 6.07) is 7.38. The number of nitrogens with one attached hydrogen (secondary N) is 1. The Labute approximate surface area is 143 Å². The largest absolute Gasteiger partial charge is 0.373 e. The summed E-state index contributed by atoms with van der Waals surface area (Å²) in [6.07, 6.45) is 1.60. The molecule has 0 saturated carbocycles. The molecule has 1 atom stereocenters. The number of aromatic nitrogens is 2. The van der Waals surface area contributed by atoms with Gasteiger partial charge in [0.25, 0.3) is 0 Å². The summed E-state index contributed by atoms with van der Waals surface area (Å²) >= 11 is 0. The van der Waals surface area contributed by atoms with E-state index in [0.717, 1.165) is 11.1 Å². The number of hydrogen-bond acceptors (Lipinski definition) is 5. The third-order valence-corrected chi connectivity index (χ3v) is 4.82. The number of benzene rings is 1. The van der Waals surface area contributed by atoms with Crippen LogP contribution in [0.1, 0.15) is 18.4 Å². The predicted octanol–water partition coefficient (Wildman–Crippen LogP) is 2.71. The zero-order valence-electron chi connectivity index (χ0n) is 13.5. The highest BCUT2D eigenvalue weighted by Crippen LogP contribution is 2.43. The van der Waals surface area contributed by atoms with Crippen molar-refractivity contribution in [1.82, 2.24) is 15.1 Å². The Morgan fingerprint density at radius 1 is 1.32 bits per heavy atom. The van der Waals surface area contributed by atoms with Crippen molar-refractivity contribution in [2.24, 2.45) is 0 Å². The van der Waals surface area contributed by atoms with Crippen LogP contribution in [-0.4, -0.2) is 34.9 Å². The molecule has 1 fully saturated rings. The molecule has 124 valence electrons. The molecule has 2 aliphatic heterocycles. The summed E-state index contributed by atoms with van der Waals surface area (Å²) in [5, 5.41) is 26.9. The Kier molecular flexibility index (Phi) is 3.52. The first kappa shape index (κ1) is 15.4. The summed E-state index contributed by atoms with van der Waals surface area (Å²) in [5.74, 6) is -1.21. The topological polar surface area (TPSA) is 88.7 Å². The number of morpholine rings is 1. The summed E-state index contributed by atoms with van der Waals surface area (Å²) < 4.78 is 20.3. The molecule has 7 heteroatoms. The molecule has 2 aromatic rings. The zero-order chi connectivity index (χ0) is 17.6. The van der Waals surface area contributed by atoms with E-state index in [9.17, 15) is 14.9 Å². The third kappa shape index (κ3) is 2.21. The van der Waals surface area contributed by atoms with E-state index >= 15 is 0 Å². The highest BCUT2D eigenvalue weighted by molar-refractivity contribution is 5.79. The number of allylic oxidation sites excluding steroid dienone is 3. The molecule has 6 nitrogen and oxygen atoms in total. The summed E-state index contributed by atoms with van der Waals surface area (Å²) in [4.78, 5) is 1.94. The van der Waals surface area contributed by atoms with Gasteiger partial charge < -0.3 is 9.64 Å². The Morgan fingerprint density at radius 2 is 2.12 bits per heavy atom. The maximum absolute atomic E-state index is 14.8. The molecule has 0 spiro atoms. The molecule has 0 aliphatic carbocycles. The van der Waals surface area contributed by atoms with Crippen molar-refractivity contribution < 1.29 is 9.13 Å². The van der Waals surface area contributed by atoms with Gasteiger partial charge in [0, 0.05) is 23.2 Å². The Bertz CT molecular complexity index is 1020. The number of aromatic amines is 1. The van der Waals surface area contributed by atoms with E-state index in [0.29, 0.717) is 41.1 Å². The second-order valence-electron chi connectivity index (χ2n) is 6.05. The molecule has 1 N–H and O–H groups in total. The number of H-pyrrole nitrogens is 1. The van der Waals surface area contributed by atoms with Crippen LogP contribution >= 0.6 is 0 Å². The van der Waals surface area contributed by atoms with E-state index in [-0.39, 0.29) is 6.61 Å². The molecule has 25 heavy (non-hydrogen) atoms. The number of rotatable bonds is 1. The normalized spacial score (nSPS) is 20.5. The van der Waals surface area contributed by atoms with Crippen molar-refractivity contribution in [3.8, 4) is 12.1 Å². The number of nitrogens with zero attached hydrogens (tertiary/aromatic N) is 4. The van der Waals surface area contributed by atoms with E-state index in [2.05, 4.69) is 22.3 Å². The molecule has 1 unspecified atom stereocenters. The number of ether oxygens (including phenoxy) is 1. The highest BCUT2D eigenvalue weighted by Gasteiger charge is 2.37. The van der Waals surface area contributed by atoms with Gasteiger partial charge in [-0.1, -0.05) is 0 Å². The highest BCUT2D eigenvalue weighted by atomic mass is 19.1. The lowest BCUT2D eigenvalue weighted by Crippen LogP contribution is -2.38. The van der Waals surface area contributed by atoms with Crippen LogP contribution in [-0.2, 0) is 4.74 Å². The SMILES string of the molecule is CC1=C(C#N)C(c2cc3cn[nH]c3cc2F)C(C#N)=C2COCCN12. The molecule has 0 bridgehead atoms. The summed E-state index contributed by atoms with van der Waals surface area (Å²) in [5.41, 5.74) is 3.09. The van der Waals surface area contributed by atoms with Crippen molar-refractivity contribution in [2.45, 2.75) is 12.8 Å². The number of nitriles is 2. The summed E-state index contributed by atoms with van der Waals surface area (Å²) in [7, 11) is 0. The van der Waals surface area contributed by atoms with Crippen molar-refractivity contribution in [3.05, 3.63) is 52.3 Å². The number of fused-ring (bicyclic) bond motifs is 2. The van der Waals surface area contributed by atoms with Crippen LogP contribution in [0.3, 0.4) is 0 Å². The fraction of sp³-hybridized carbons (Fsp3) is 0.278. The fourth-order valence-electron chi connectivity index (χ4n) is 3.59. The first-order chi connectivity index (χ1) is 12.2. The first-order valence-electron chi connectivity index (χ1n) is 7.87. The monoisotopic (exact) mass is 335 g/mol. The molecular formula is C18H14FN5O. The van der Waals surface area contributed by atoms with Gasteiger partial charge in [-0.3, -0.25) is 5.10 Å². The molecule has 1 saturated heterocycles. The minimum Gasteiger partial charge on any atom is -0.373 e. The van der Waals surface area contributed by atoms with Gasteiger partial charge in [0.05, 0.1) is 59.8 Å². The second-order valence-corrected chi connectivity index (χ2v) is 6.05. The predicted molar refractivity (Wildman–Crippen MR) is 87.3 cm³/mol. The lowest BCUT2D eigenvalue weighted by molar-refractivity contribution is 0.0835. The molecule has 4 rings (SSSR count). The standard InChI is InChI=1S/C18H14FN5O/c1-10-13(6-20)18(14(7-21)17-9-25-3-2-24(10)17)12-4-11-8-22-23-16(11)5-15(12)19/h4-5,8,18H,2-3,9H2,1H3,(H,22,23). The van der Waals surface area contributed by atoms with Gasteiger partial charge in [-0.15, -0.1) is 0 Å². The molecular weight excluding hydrogens is 321 g/mol. The average Bonchev–Trinajstić information content (AvgIpc) is 3.08. The molecule has 1 aromatic heterocycles. The molecule has 3 heterocycles. The lowest BCUT2D eigenvalue weighted by atomic mass is 9.80. The maximum Gasteiger partial charge on any atom is 0.129 e. The summed E-state index contributed by atoms with van der Waals surface area (Å²) in [6.45, 7) is 3.22. The molecule has 1 aromatic carbocycles. The fourth-order valence-corrected chi connectivity index (χ4v) is 3.59. The van der Waals surface area contributed by atoms with Crippen LogP contribution in [0.4, 0.5) is 4.39 Å². The van der Waals surface area contributed by atoms with Gasteiger partial charge in [-0.25, -0.2) is 4.39 Å². The van der Waals surface area contributed by atoms with E-state index in [1.54, 1.807) is 12.3 Å². The molecule has 0 amide bonds. The maximum atomic E-state index is 14.8. The number of hydrogen-bond donors (Lipinski definition) is 1. The van der Waals surface area contributed by atoms with Crippen LogP contribution in [0, 0.1) is 28.5 Å². The molecule has 2 aliphatic rings. The zero-order valence-corrected chi connectivity index (χ0v) is 13.5. The Balaban J connectivity index is 1.98.